The van der Waals surface area contributed by atoms with Crippen molar-refractivity contribution in [3.05, 3.63) is 84.4 Å². The number of amides is 3. The van der Waals surface area contributed by atoms with Gasteiger partial charge in [-0.05, 0) is 111 Å². The highest BCUT2D eigenvalue weighted by atomic mass is 32.2. The van der Waals surface area contributed by atoms with Gasteiger partial charge in [-0.1, -0.05) is 30.3 Å². The Morgan fingerprint density at radius 3 is 2.22 bits per heavy atom. The molecule has 3 saturated heterocycles. The van der Waals surface area contributed by atoms with Crippen LogP contribution in [0.4, 0.5) is 15.3 Å². The fourth-order valence-electron chi connectivity index (χ4n) is 6.66. The molecule has 0 spiro atoms. The standard InChI is InChI=1S/C29H35N5O4.C9H14N4O2S/c35-28(25-7-5-23(6-8-25)21-32-16-2-1-3-17-32)31-26-9-11-27(12-10-26)38-29(36)33-19-13-24(14-20-33)22-37-34-18-4-15-30-34;14-9(15)13-3-1-7(2-4-13)5-16-8-10-6-11-12-8/h4-12,15,18,24H,1-3,13-14,16-17,19-22H2,(H,31,35);6-7H,1-5H2,(H,14,15)(H,10,11,12). The highest BCUT2D eigenvalue weighted by molar-refractivity contribution is 7.99. The number of rotatable bonds is 11. The van der Waals surface area contributed by atoms with Crippen LogP contribution in [0.15, 0.2) is 78.5 Å². The van der Waals surface area contributed by atoms with Crippen molar-refractivity contribution in [1.29, 1.82) is 0 Å². The van der Waals surface area contributed by atoms with Gasteiger partial charge < -0.3 is 29.8 Å². The van der Waals surface area contributed by atoms with E-state index >= 15 is 0 Å². The third-order valence-electron chi connectivity index (χ3n) is 9.92. The molecule has 3 aliphatic rings. The number of carbonyl (C=O) groups excluding carboxylic acids is 2. The van der Waals surface area contributed by atoms with Gasteiger partial charge in [-0.25, -0.2) is 14.6 Å². The van der Waals surface area contributed by atoms with Gasteiger partial charge in [0, 0.05) is 49.7 Å². The summed E-state index contributed by atoms with van der Waals surface area (Å²) in [6.07, 6.45) is 11.2. The van der Waals surface area contributed by atoms with Crippen LogP contribution in [0.3, 0.4) is 0 Å². The molecule has 5 heterocycles. The van der Waals surface area contributed by atoms with Crippen LogP contribution in [-0.4, -0.2) is 115 Å². The fraction of sp³-hybridized carbons (Fsp3) is 0.474. The SMILES string of the molecule is O=C(Nc1ccc(OC(=O)N2CCC(COn3cccn3)CC2)cc1)c1ccc(CN2CCCCC2)cc1.O=C(O)N1CCC(CSc2ncn[nH]2)CC1. The molecule has 288 valence electrons. The molecule has 0 aliphatic carbocycles. The minimum atomic E-state index is -0.804. The first-order chi connectivity index (χ1) is 26.4. The second-order valence-corrected chi connectivity index (χ2v) is 14.8. The number of hydrogen-bond acceptors (Lipinski definition) is 10. The maximum atomic E-state index is 12.7. The van der Waals surface area contributed by atoms with Crippen LogP contribution in [0.2, 0.25) is 0 Å². The number of aromatic amines is 1. The fourth-order valence-corrected chi connectivity index (χ4v) is 7.62. The summed E-state index contributed by atoms with van der Waals surface area (Å²) in [6.45, 7) is 6.34. The number of anilines is 1. The van der Waals surface area contributed by atoms with Crippen molar-refractivity contribution in [3.63, 3.8) is 0 Å². The van der Waals surface area contributed by atoms with Gasteiger partial charge in [0.25, 0.3) is 5.91 Å². The summed E-state index contributed by atoms with van der Waals surface area (Å²) in [5.74, 6) is 2.20. The number of H-pyrrole nitrogens is 1. The molecule has 2 aromatic heterocycles. The molecule has 2 aromatic carbocycles. The third-order valence-corrected chi connectivity index (χ3v) is 11.0. The zero-order chi connectivity index (χ0) is 37.5. The van der Waals surface area contributed by atoms with Gasteiger partial charge in [0.05, 0.1) is 12.4 Å². The summed E-state index contributed by atoms with van der Waals surface area (Å²) in [7, 11) is 0. The summed E-state index contributed by atoms with van der Waals surface area (Å²) >= 11 is 1.65. The molecule has 3 N–H and O–H groups in total. The van der Waals surface area contributed by atoms with Crippen molar-refractivity contribution >= 4 is 35.5 Å². The predicted octanol–water partition coefficient (Wildman–Crippen LogP) is 5.75. The molecule has 0 radical (unpaired) electrons. The lowest BCUT2D eigenvalue weighted by atomic mass is 9.98. The molecule has 0 unspecified atom stereocenters. The van der Waals surface area contributed by atoms with E-state index in [1.165, 1.54) is 40.9 Å². The van der Waals surface area contributed by atoms with Crippen molar-refractivity contribution in [1.82, 2.24) is 39.8 Å². The van der Waals surface area contributed by atoms with Gasteiger partial charge in [-0.3, -0.25) is 14.8 Å². The normalized spacial score (nSPS) is 17.0. The number of benzene rings is 2. The smallest absolute Gasteiger partial charge is 0.415 e. The molecule has 54 heavy (non-hydrogen) atoms. The minimum absolute atomic E-state index is 0.168. The molecular formula is C38H49N9O6S. The van der Waals surface area contributed by atoms with Gasteiger partial charge in [-0.2, -0.15) is 5.10 Å². The monoisotopic (exact) mass is 759 g/mol. The zero-order valence-electron chi connectivity index (χ0n) is 30.4. The topological polar surface area (TPSA) is 171 Å². The van der Waals surface area contributed by atoms with Crippen LogP contribution in [0, 0.1) is 11.8 Å². The van der Waals surface area contributed by atoms with Crippen LogP contribution in [0.25, 0.3) is 0 Å². The largest absolute Gasteiger partial charge is 0.465 e. The number of nitrogens with one attached hydrogen (secondary N) is 2. The van der Waals surface area contributed by atoms with E-state index in [-0.39, 0.29) is 12.0 Å². The minimum Gasteiger partial charge on any atom is -0.465 e. The molecule has 3 amide bonds. The zero-order valence-corrected chi connectivity index (χ0v) is 31.2. The van der Waals surface area contributed by atoms with Gasteiger partial charge >= 0.3 is 12.2 Å². The van der Waals surface area contributed by atoms with Gasteiger partial charge in [0.15, 0.2) is 5.16 Å². The van der Waals surface area contributed by atoms with Gasteiger partial charge in [0.1, 0.15) is 18.7 Å². The van der Waals surface area contributed by atoms with E-state index in [2.05, 4.69) is 30.5 Å². The summed E-state index contributed by atoms with van der Waals surface area (Å²) in [6, 6.07) is 16.5. The summed E-state index contributed by atoms with van der Waals surface area (Å²) in [5, 5.41) is 23.2. The number of carbonyl (C=O) groups is 3. The van der Waals surface area contributed by atoms with E-state index in [1.807, 2.05) is 30.3 Å². The maximum Gasteiger partial charge on any atom is 0.415 e. The van der Waals surface area contributed by atoms with Crippen molar-refractivity contribution in [2.75, 3.05) is 56.9 Å². The number of hydrogen-bond donors (Lipinski definition) is 3. The van der Waals surface area contributed by atoms with Crippen molar-refractivity contribution < 1.29 is 29.1 Å². The second kappa shape index (κ2) is 19.8. The maximum absolute atomic E-state index is 12.7. The number of likely N-dealkylation sites (tertiary alicyclic amines) is 3. The van der Waals surface area contributed by atoms with E-state index < -0.39 is 6.09 Å². The Balaban J connectivity index is 0.000000259. The lowest BCUT2D eigenvalue weighted by Crippen LogP contribution is -2.41. The first-order valence-corrected chi connectivity index (χ1v) is 19.6. The van der Waals surface area contributed by atoms with Gasteiger partial charge in [0.2, 0.25) is 0 Å². The van der Waals surface area contributed by atoms with Crippen LogP contribution in [-0.2, 0) is 6.54 Å². The van der Waals surface area contributed by atoms with E-state index in [4.69, 9.17) is 14.7 Å². The first-order valence-electron chi connectivity index (χ1n) is 18.7. The third kappa shape index (κ3) is 12.0. The quantitative estimate of drug-likeness (QED) is 0.159. The Kier molecular flexibility index (Phi) is 14.2. The summed E-state index contributed by atoms with van der Waals surface area (Å²) in [5.41, 5.74) is 2.48. The van der Waals surface area contributed by atoms with E-state index in [1.54, 1.807) is 53.3 Å². The Labute approximate surface area is 319 Å². The van der Waals surface area contributed by atoms with E-state index in [0.717, 1.165) is 56.2 Å². The number of aromatic nitrogens is 5. The van der Waals surface area contributed by atoms with Crippen LogP contribution < -0.4 is 14.9 Å². The van der Waals surface area contributed by atoms with Crippen LogP contribution in [0.5, 0.6) is 5.75 Å². The Hall–Kier alpha value is -5.09. The molecule has 0 bridgehead atoms. The Morgan fingerprint density at radius 2 is 1.57 bits per heavy atom. The highest BCUT2D eigenvalue weighted by Crippen LogP contribution is 2.25. The van der Waals surface area contributed by atoms with Crippen molar-refractivity contribution in [2.24, 2.45) is 11.8 Å². The average molecular weight is 760 g/mol. The molecular weight excluding hydrogens is 711 g/mol. The lowest BCUT2D eigenvalue weighted by Gasteiger charge is -2.30. The van der Waals surface area contributed by atoms with E-state index in [9.17, 15) is 14.4 Å². The molecule has 3 aliphatic heterocycles. The summed E-state index contributed by atoms with van der Waals surface area (Å²) in [4.78, 5) is 52.8. The number of nitrogens with zero attached hydrogens (tertiary/aromatic N) is 7. The molecule has 15 nitrogen and oxygen atoms in total. The molecule has 7 rings (SSSR count). The number of ether oxygens (including phenoxy) is 1. The Bertz CT molecular complexity index is 1720. The highest BCUT2D eigenvalue weighted by Gasteiger charge is 2.25. The molecule has 0 atom stereocenters. The van der Waals surface area contributed by atoms with E-state index in [0.29, 0.717) is 61.6 Å². The molecule has 0 saturated carbocycles. The Morgan fingerprint density at radius 1 is 0.870 bits per heavy atom. The number of thioether (sulfide) groups is 1. The number of piperidine rings is 3. The average Bonchev–Trinajstić information content (AvgIpc) is 3.94. The molecule has 16 heteroatoms. The predicted molar refractivity (Wildman–Crippen MR) is 203 cm³/mol. The van der Waals surface area contributed by atoms with Gasteiger partial charge in [-0.15, -0.1) is 9.94 Å². The van der Waals surface area contributed by atoms with Crippen LogP contribution >= 0.6 is 11.8 Å². The number of carboxylic acid groups (broad SMARTS) is 1. The lowest BCUT2D eigenvalue weighted by molar-refractivity contribution is 0.0366. The molecule has 4 aromatic rings. The second-order valence-electron chi connectivity index (χ2n) is 13.8. The van der Waals surface area contributed by atoms with Crippen molar-refractivity contribution in [2.45, 2.75) is 56.6 Å². The summed E-state index contributed by atoms with van der Waals surface area (Å²) < 4.78 is 5.55. The van der Waals surface area contributed by atoms with Crippen molar-refractivity contribution in [3.8, 4) is 5.75 Å². The molecule has 3 fully saturated rings. The van der Waals surface area contributed by atoms with Crippen LogP contribution in [0.1, 0.15) is 60.9 Å². The first kappa shape index (κ1) is 38.6.